The van der Waals surface area contributed by atoms with E-state index in [1.807, 2.05) is 0 Å². The van der Waals surface area contributed by atoms with Gasteiger partial charge in [0.1, 0.15) is 0 Å². The summed E-state index contributed by atoms with van der Waals surface area (Å²) in [4.78, 5) is 0. The number of hydrogen-bond acceptors (Lipinski definition) is 4. The first-order chi connectivity index (χ1) is 9.29. The van der Waals surface area contributed by atoms with Crippen molar-refractivity contribution in [2.75, 3.05) is 31.7 Å². The van der Waals surface area contributed by atoms with Crippen LogP contribution >= 0.6 is 0 Å². The smallest absolute Gasteiger partial charge is 0.150 e. The van der Waals surface area contributed by atoms with Crippen LogP contribution in [0.1, 0.15) is 46.5 Å². The lowest BCUT2D eigenvalue weighted by Crippen LogP contribution is -2.32. The summed E-state index contributed by atoms with van der Waals surface area (Å²) in [5, 5.41) is 3.46. The van der Waals surface area contributed by atoms with Gasteiger partial charge in [-0.2, -0.15) is 0 Å². The second-order valence-corrected chi connectivity index (χ2v) is 8.86. The number of sulfone groups is 1. The lowest BCUT2D eigenvalue weighted by Gasteiger charge is -2.28. The molecular weight excluding hydrogens is 274 g/mol. The molecule has 1 aliphatic rings. The van der Waals surface area contributed by atoms with Gasteiger partial charge in [-0.25, -0.2) is 8.42 Å². The molecule has 5 heteroatoms. The fourth-order valence-electron chi connectivity index (χ4n) is 2.80. The van der Waals surface area contributed by atoms with Crippen molar-refractivity contribution >= 4 is 9.84 Å². The fraction of sp³-hybridized carbons (Fsp3) is 1.00. The minimum atomic E-state index is -2.79. The Morgan fingerprint density at radius 3 is 2.60 bits per heavy atom. The van der Waals surface area contributed by atoms with E-state index in [9.17, 15) is 8.42 Å². The highest BCUT2D eigenvalue weighted by Gasteiger charge is 2.34. The molecule has 1 aliphatic heterocycles. The first-order valence-corrected chi connectivity index (χ1v) is 9.58. The summed E-state index contributed by atoms with van der Waals surface area (Å²) in [6, 6.07) is 0. The fourth-order valence-corrected chi connectivity index (χ4v) is 4.72. The Balaban J connectivity index is 2.56. The molecule has 2 atom stereocenters. The van der Waals surface area contributed by atoms with Gasteiger partial charge in [0.25, 0.3) is 0 Å². The van der Waals surface area contributed by atoms with Crippen LogP contribution in [0.4, 0.5) is 0 Å². The van der Waals surface area contributed by atoms with Crippen molar-refractivity contribution < 1.29 is 13.2 Å². The average molecular weight is 305 g/mol. The number of nitrogens with one attached hydrogen (secondary N) is 1. The van der Waals surface area contributed by atoms with Gasteiger partial charge in [-0.05, 0) is 64.5 Å². The quantitative estimate of drug-likeness (QED) is 0.664. The molecule has 0 radical (unpaired) electrons. The summed E-state index contributed by atoms with van der Waals surface area (Å²) in [5.41, 5.74) is -0.125. The molecule has 0 saturated carbocycles. The van der Waals surface area contributed by atoms with Crippen molar-refractivity contribution in [1.82, 2.24) is 5.32 Å². The van der Waals surface area contributed by atoms with E-state index < -0.39 is 9.84 Å². The Labute approximate surface area is 124 Å². The van der Waals surface area contributed by atoms with Gasteiger partial charge in [0.05, 0.1) is 17.1 Å². The molecule has 0 aromatic heterocycles. The van der Waals surface area contributed by atoms with E-state index in [0.29, 0.717) is 23.3 Å². The number of rotatable bonds is 9. The highest BCUT2D eigenvalue weighted by atomic mass is 32.2. The van der Waals surface area contributed by atoms with Crippen LogP contribution in [0.2, 0.25) is 0 Å². The van der Waals surface area contributed by atoms with E-state index in [4.69, 9.17) is 4.74 Å². The maximum Gasteiger partial charge on any atom is 0.150 e. The van der Waals surface area contributed by atoms with Crippen LogP contribution in [-0.2, 0) is 14.6 Å². The SMILES string of the molecule is CCCNCC(CCC(C)(C)OC)C1CCS(=O)(=O)C1. The second kappa shape index (κ2) is 7.76. The topological polar surface area (TPSA) is 55.4 Å². The van der Waals surface area contributed by atoms with Gasteiger partial charge in [-0.15, -0.1) is 0 Å². The second-order valence-electron chi connectivity index (χ2n) is 6.63. The molecule has 1 N–H and O–H groups in total. The predicted octanol–water partition coefficient (Wildman–Crippen LogP) is 2.24. The van der Waals surface area contributed by atoms with Crippen molar-refractivity contribution in [3.63, 3.8) is 0 Å². The van der Waals surface area contributed by atoms with Crippen molar-refractivity contribution in [3.05, 3.63) is 0 Å². The zero-order valence-corrected chi connectivity index (χ0v) is 14.3. The van der Waals surface area contributed by atoms with Gasteiger partial charge < -0.3 is 10.1 Å². The first kappa shape index (κ1) is 17.9. The zero-order valence-electron chi connectivity index (χ0n) is 13.4. The van der Waals surface area contributed by atoms with Crippen molar-refractivity contribution in [1.29, 1.82) is 0 Å². The van der Waals surface area contributed by atoms with Gasteiger partial charge in [-0.1, -0.05) is 6.92 Å². The molecule has 0 spiro atoms. The molecule has 1 saturated heterocycles. The van der Waals surface area contributed by atoms with Crippen molar-refractivity contribution in [2.24, 2.45) is 11.8 Å². The molecule has 0 aromatic rings. The molecule has 1 heterocycles. The molecule has 1 fully saturated rings. The predicted molar refractivity (Wildman–Crippen MR) is 83.7 cm³/mol. The summed E-state index contributed by atoms with van der Waals surface area (Å²) in [6.45, 7) is 8.26. The van der Waals surface area contributed by atoms with Gasteiger partial charge in [0, 0.05) is 7.11 Å². The van der Waals surface area contributed by atoms with Crippen LogP contribution in [0.3, 0.4) is 0 Å². The van der Waals surface area contributed by atoms with Gasteiger partial charge in [0.2, 0.25) is 0 Å². The molecule has 20 heavy (non-hydrogen) atoms. The first-order valence-electron chi connectivity index (χ1n) is 7.76. The molecule has 0 aliphatic carbocycles. The van der Waals surface area contributed by atoms with E-state index in [1.54, 1.807) is 7.11 Å². The third kappa shape index (κ3) is 6.10. The van der Waals surface area contributed by atoms with Crippen LogP contribution in [0, 0.1) is 11.8 Å². The van der Waals surface area contributed by atoms with E-state index in [0.717, 1.165) is 38.8 Å². The van der Waals surface area contributed by atoms with Crippen molar-refractivity contribution in [3.8, 4) is 0 Å². The van der Waals surface area contributed by atoms with Gasteiger partial charge in [-0.3, -0.25) is 0 Å². The van der Waals surface area contributed by atoms with Crippen LogP contribution in [0.5, 0.6) is 0 Å². The molecule has 120 valence electrons. The van der Waals surface area contributed by atoms with Crippen LogP contribution < -0.4 is 5.32 Å². The summed E-state index contributed by atoms with van der Waals surface area (Å²) in [5.74, 6) is 1.50. The van der Waals surface area contributed by atoms with Gasteiger partial charge in [0.15, 0.2) is 9.84 Å². The minimum Gasteiger partial charge on any atom is -0.379 e. The third-order valence-corrected chi connectivity index (χ3v) is 6.23. The number of ether oxygens (including phenoxy) is 1. The molecule has 0 aromatic carbocycles. The Morgan fingerprint density at radius 2 is 2.10 bits per heavy atom. The number of hydrogen-bond donors (Lipinski definition) is 1. The molecule has 4 nitrogen and oxygen atoms in total. The monoisotopic (exact) mass is 305 g/mol. The highest BCUT2D eigenvalue weighted by Crippen LogP contribution is 2.31. The summed E-state index contributed by atoms with van der Waals surface area (Å²) < 4.78 is 28.9. The van der Waals surface area contributed by atoms with E-state index in [-0.39, 0.29) is 5.60 Å². The largest absolute Gasteiger partial charge is 0.379 e. The van der Waals surface area contributed by atoms with E-state index in [1.165, 1.54) is 0 Å². The maximum absolute atomic E-state index is 11.7. The summed E-state index contributed by atoms with van der Waals surface area (Å²) in [7, 11) is -1.05. The molecule has 1 rings (SSSR count). The Morgan fingerprint density at radius 1 is 1.40 bits per heavy atom. The molecule has 0 bridgehead atoms. The maximum atomic E-state index is 11.7. The summed E-state index contributed by atoms with van der Waals surface area (Å²) in [6.07, 6.45) is 3.93. The van der Waals surface area contributed by atoms with Crippen LogP contribution in [0.15, 0.2) is 0 Å². The van der Waals surface area contributed by atoms with Gasteiger partial charge >= 0.3 is 0 Å². The molecule has 0 amide bonds. The highest BCUT2D eigenvalue weighted by molar-refractivity contribution is 7.91. The Bertz CT molecular complexity index is 379. The average Bonchev–Trinajstić information content (AvgIpc) is 2.74. The van der Waals surface area contributed by atoms with Crippen LogP contribution in [0.25, 0.3) is 0 Å². The zero-order chi connectivity index (χ0) is 15.2. The van der Waals surface area contributed by atoms with Crippen molar-refractivity contribution in [2.45, 2.75) is 52.1 Å². The lowest BCUT2D eigenvalue weighted by atomic mass is 9.85. The van der Waals surface area contributed by atoms with E-state index in [2.05, 4.69) is 26.1 Å². The molecular formula is C15H31NO3S. The Hall–Kier alpha value is -0.130. The normalized spacial score (nSPS) is 23.9. The van der Waals surface area contributed by atoms with Crippen LogP contribution in [-0.4, -0.2) is 45.7 Å². The number of methoxy groups -OCH3 is 1. The van der Waals surface area contributed by atoms with E-state index >= 15 is 0 Å². The molecule has 2 unspecified atom stereocenters. The standard InChI is InChI=1S/C15H31NO3S/c1-5-9-16-11-13(6-8-15(2,3)19-4)14-7-10-20(17,18)12-14/h13-14,16H,5-12H2,1-4H3. The minimum absolute atomic E-state index is 0.125. The lowest BCUT2D eigenvalue weighted by molar-refractivity contribution is 0.00861. The Kier molecular flexibility index (Phi) is 6.95. The summed E-state index contributed by atoms with van der Waals surface area (Å²) >= 11 is 0. The third-order valence-electron chi connectivity index (χ3n) is 4.44.